The fraction of sp³-hybridized carbons (Fsp3) is 0.100. The lowest BCUT2D eigenvalue weighted by atomic mass is 9.80. The molecule has 4 heterocycles. The zero-order chi connectivity index (χ0) is 62.2. The van der Waals surface area contributed by atoms with Crippen LogP contribution in [0.15, 0.2) is 218 Å². The number of fused-ring (bicyclic) bond motifs is 2. The van der Waals surface area contributed by atoms with E-state index in [1.54, 1.807) is 0 Å². The van der Waals surface area contributed by atoms with Gasteiger partial charge < -0.3 is 32.7 Å². The monoisotopic (exact) mass is 1200 g/mol. The number of nitrogen functional groups attached to an aromatic ring is 4. The highest BCUT2D eigenvalue weighted by atomic mass is 16.2. The Morgan fingerprint density at radius 2 is 0.489 bits per heavy atom. The van der Waals surface area contributed by atoms with Crippen LogP contribution in [0.2, 0.25) is 0 Å². The third kappa shape index (κ3) is 8.65. The van der Waals surface area contributed by atoms with Crippen molar-refractivity contribution in [2.24, 2.45) is 0 Å². The number of hydrogen-bond donors (Lipinski definition) is 4. The summed E-state index contributed by atoms with van der Waals surface area (Å²) in [4.78, 5) is 69.3. The second kappa shape index (κ2) is 20.9. The summed E-state index contributed by atoms with van der Waals surface area (Å²) in [7, 11) is 0. The zero-order valence-electron chi connectivity index (χ0n) is 50.2. The van der Waals surface area contributed by atoms with Gasteiger partial charge >= 0.3 is 0 Å². The molecule has 17 rings (SSSR count). The highest BCUT2D eigenvalue weighted by Crippen LogP contribution is 2.53. The summed E-state index contributed by atoms with van der Waals surface area (Å²) in [6.07, 6.45) is 3.90. The number of amides is 4. The third-order valence-electron chi connectivity index (χ3n) is 19.4. The van der Waals surface area contributed by atoms with E-state index in [1.807, 2.05) is 182 Å². The Bertz CT molecular complexity index is 4810. The van der Waals surface area contributed by atoms with E-state index in [2.05, 4.69) is 46.2 Å². The van der Waals surface area contributed by atoms with Gasteiger partial charge in [-0.25, -0.2) is 9.80 Å². The minimum absolute atomic E-state index is 0.398. The summed E-state index contributed by atoms with van der Waals surface area (Å²) < 4.78 is 0. The van der Waals surface area contributed by atoms with Crippen LogP contribution in [0.3, 0.4) is 0 Å². The number of rotatable bonds is 10. The Kier molecular flexibility index (Phi) is 12.4. The van der Waals surface area contributed by atoms with E-state index in [1.165, 1.54) is 9.80 Å². The molecule has 2 saturated heterocycles. The second-order valence-electron chi connectivity index (χ2n) is 24.9. The van der Waals surface area contributed by atoms with E-state index < -0.39 is 23.6 Å². The quantitative estimate of drug-likeness (QED) is 0.0444. The summed E-state index contributed by atoms with van der Waals surface area (Å²) in [6.45, 7) is 3.11. The molecular formula is C80H60N8O4. The van der Waals surface area contributed by atoms with Gasteiger partial charge in [0.2, 0.25) is 0 Å². The molecule has 0 unspecified atom stereocenters. The van der Waals surface area contributed by atoms with Crippen molar-refractivity contribution in [3.05, 3.63) is 241 Å². The van der Waals surface area contributed by atoms with Gasteiger partial charge in [-0.1, -0.05) is 84.9 Å². The van der Waals surface area contributed by atoms with Crippen molar-refractivity contribution in [1.82, 2.24) is 0 Å². The number of imide groups is 2. The molecule has 0 radical (unpaired) electrons. The van der Waals surface area contributed by atoms with Crippen LogP contribution in [0.4, 0.5) is 45.5 Å². The summed E-state index contributed by atoms with van der Waals surface area (Å²) in [5.74, 6) is -1.62. The predicted octanol–water partition coefficient (Wildman–Crippen LogP) is 16.9. The number of carbonyl (C=O) groups is 4. The molecule has 0 atom stereocenters. The zero-order valence-corrected chi connectivity index (χ0v) is 50.2. The van der Waals surface area contributed by atoms with Crippen LogP contribution in [-0.2, 0) is 0 Å². The van der Waals surface area contributed by atoms with Gasteiger partial charge in [-0.2, -0.15) is 0 Å². The molecule has 2 fully saturated rings. The van der Waals surface area contributed by atoms with Gasteiger partial charge in [0.15, 0.2) is 0 Å². The first-order valence-corrected chi connectivity index (χ1v) is 31.4. The van der Waals surface area contributed by atoms with E-state index in [0.717, 1.165) is 162 Å². The summed E-state index contributed by atoms with van der Waals surface area (Å²) >= 11 is 0. The van der Waals surface area contributed by atoms with Gasteiger partial charge in [-0.15, -0.1) is 0 Å². The van der Waals surface area contributed by atoms with Crippen molar-refractivity contribution >= 4 is 112 Å². The topological polar surface area (TPSA) is 185 Å². The predicted molar refractivity (Wildman–Crippen MR) is 376 cm³/mol. The van der Waals surface area contributed by atoms with Crippen molar-refractivity contribution < 1.29 is 19.2 Å². The van der Waals surface area contributed by atoms with Gasteiger partial charge in [0.1, 0.15) is 0 Å². The molecule has 4 aliphatic rings. The minimum Gasteiger partial charge on any atom is -0.399 e. The smallest absolute Gasteiger partial charge is 0.266 e. The number of carbonyl (C=O) groups excluding carboxylic acids is 4. The maximum absolute atomic E-state index is 15.6. The number of anilines is 8. The summed E-state index contributed by atoms with van der Waals surface area (Å²) in [5.41, 5.74) is 43.5. The summed E-state index contributed by atoms with van der Waals surface area (Å²) in [6, 6.07) is 71.3. The van der Waals surface area contributed by atoms with E-state index >= 15 is 19.2 Å². The summed E-state index contributed by atoms with van der Waals surface area (Å²) in [5, 5.41) is 6.45. The van der Waals surface area contributed by atoms with Crippen LogP contribution in [0, 0.1) is 0 Å². The molecule has 12 heteroatoms. The molecule has 13 aromatic rings. The van der Waals surface area contributed by atoms with Gasteiger partial charge in [0, 0.05) is 104 Å². The van der Waals surface area contributed by atoms with Crippen LogP contribution >= 0.6 is 0 Å². The number of nitrogens with zero attached hydrogens (tertiary/aromatic N) is 4. The molecule has 0 bridgehead atoms. The van der Waals surface area contributed by atoms with Crippen LogP contribution in [0.1, 0.15) is 67.1 Å². The first-order valence-electron chi connectivity index (χ1n) is 31.4. The first-order chi connectivity index (χ1) is 44.9. The Morgan fingerprint density at radius 1 is 0.239 bits per heavy atom. The van der Waals surface area contributed by atoms with E-state index in [4.69, 9.17) is 22.9 Å². The molecule has 0 aromatic heterocycles. The molecule has 12 nitrogen and oxygen atoms in total. The average Bonchev–Trinajstić information content (AvgIpc) is 0.759. The van der Waals surface area contributed by atoms with Crippen molar-refractivity contribution in [3.8, 4) is 66.8 Å². The molecule has 4 amide bonds. The third-order valence-corrected chi connectivity index (χ3v) is 19.4. The number of hydrogen-bond acceptors (Lipinski definition) is 10. The Hall–Kier alpha value is -11.8. The van der Waals surface area contributed by atoms with Crippen LogP contribution < -0.4 is 42.5 Å². The Labute approximate surface area is 530 Å². The van der Waals surface area contributed by atoms with E-state index in [9.17, 15) is 0 Å². The average molecular weight is 1200 g/mol. The normalized spacial score (nSPS) is 14.8. The maximum Gasteiger partial charge on any atom is 0.266 e. The molecule has 13 aromatic carbocycles. The van der Waals surface area contributed by atoms with Crippen molar-refractivity contribution in [3.63, 3.8) is 0 Å². The highest BCUT2D eigenvalue weighted by molar-refractivity contribution is 6.47. The SMILES string of the molecule is Nc1ccc(-c2cc(-c3ccc(N)cc3)cc(-c3ccc(N4C(=O)c5ccc6c7c(N8CCCC8)cc8c9c(ccc(c%10c(N%11CCCC%11)cc(c5c6%10)C4=O)c97)C(=O)N(c4ccc(-c5cc(-c6ccc(N)cc6)cc(-c6ccc(N)cc6)c5)cc4)C8=O)cc3)c2)cc1. The Balaban J connectivity index is 0.776. The standard InChI is InChI=1S/C80H60N8O4/c81-57-17-5-45(6-18-57)51-37-52(46-7-19-58(82)20-8-46)40-55(39-51)49-13-25-61(26-14-49)87-77(89)65-32-30-64-74-70(86-35-3-4-36-86)44-68-72-66(31-29-63(76(72)74)73-69(85-33-1-2-34-85)43-67(79(87)91)71(65)75(64)73)78(90)88(80(68)92)62-27-15-50(16-28-62)56-41-53(47-9-21-59(83)22-10-47)38-54(42-56)48-11-23-60(84)24-12-48/h5-32,37-44H,1-4,33-36,81-84H2. The number of nitrogens with two attached hydrogens (primary N) is 4. The molecular weight excluding hydrogens is 1140 g/mol. The molecule has 0 saturated carbocycles. The second-order valence-corrected chi connectivity index (χ2v) is 24.9. The lowest BCUT2D eigenvalue weighted by molar-refractivity contribution is 0.0877. The largest absolute Gasteiger partial charge is 0.399 e. The lowest BCUT2D eigenvalue weighted by Gasteiger charge is -2.33. The maximum atomic E-state index is 15.6. The van der Waals surface area contributed by atoms with Crippen LogP contribution in [0.5, 0.6) is 0 Å². The van der Waals surface area contributed by atoms with Gasteiger partial charge in [-0.05, 0) is 237 Å². The minimum atomic E-state index is -0.410. The number of benzene rings is 13. The van der Waals surface area contributed by atoms with Crippen LogP contribution in [0.25, 0.3) is 110 Å². The van der Waals surface area contributed by atoms with Gasteiger partial charge in [-0.3, -0.25) is 19.2 Å². The molecule has 0 spiro atoms. The Morgan fingerprint density at radius 3 is 0.761 bits per heavy atom. The molecule has 0 aliphatic carbocycles. The molecule has 444 valence electrons. The molecule has 4 aliphatic heterocycles. The van der Waals surface area contributed by atoms with Crippen molar-refractivity contribution in [1.29, 1.82) is 0 Å². The fourth-order valence-electron chi connectivity index (χ4n) is 14.9. The van der Waals surface area contributed by atoms with E-state index in [0.29, 0.717) is 67.2 Å². The van der Waals surface area contributed by atoms with E-state index in [-0.39, 0.29) is 0 Å². The molecule has 92 heavy (non-hydrogen) atoms. The lowest BCUT2D eigenvalue weighted by Crippen LogP contribution is -2.41. The van der Waals surface area contributed by atoms with Gasteiger partial charge in [0.05, 0.1) is 22.5 Å². The van der Waals surface area contributed by atoms with Crippen molar-refractivity contribution in [2.45, 2.75) is 25.7 Å². The first kappa shape index (κ1) is 54.4. The van der Waals surface area contributed by atoms with Crippen molar-refractivity contribution in [2.75, 3.05) is 68.7 Å². The van der Waals surface area contributed by atoms with Gasteiger partial charge in [0.25, 0.3) is 23.6 Å². The molecule has 8 N–H and O–H groups in total. The highest BCUT2D eigenvalue weighted by Gasteiger charge is 2.41. The fourth-order valence-corrected chi connectivity index (χ4v) is 14.9. The van der Waals surface area contributed by atoms with Crippen LogP contribution in [-0.4, -0.2) is 49.8 Å².